The van der Waals surface area contributed by atoms with Crippen molar-refractivity contribution in [3.63, 3.8) is 0 Å². The minimum absolute atomic E-state index is 0.176. The maximum atomic E-state index is 13.9. The molecule has 168 valence electrons. The van der Waals surface area contributed by atoms with Crippen molar-refractivity contribution in [2.24, 2.45) is 0 Å². The number of nitrogens with zero attached hydrogens (tertiary/aromatic N) is 5. The molecular weight excluding hydrogens is 438 g/mol. The third kappa shape index (κ3) is 5.17. The predicted molar refractivity (Wildman–Crippen MR) is 117 cm³/mol. The van der Waals surface area contributed by atoms with E-state index in [9.17, 15) is 17.2 Å². The zero-order valence-electron chi connectivity index (χ0n) is 17.4. The fourth-order valence-corrected chi connectivity index (χ4v) is 4.89. The van der Waals surface area contributed by atoms with Crippen molar-refractivity contribution in [2.75, 3.05) is 36.4 Å². The molecule has 0 aliphatic carbocycles. The van der Waals surface area contributed by atoms with Crippen LogP contribution in [0.25, 0.3) is 0 Å². The lowest BCUT2D eigenvalue weighted by molar-refractivity contribution is 0.382. The molecule has 0 unspecified atom stereocenters. The predicted octanol–water partition coefficient (Wildman–Crippen LogP) is 2.85. The minimum atomic E-state index is -3.78. The Morgan fingerprint density at radius 3 is 2.38 bits per heavy atom. The van der Waals surface area contributed by atoms with E-state index in [2.05, 4.69) is 20.5 Å². The summed E-state index contributed by atoms with van der Waals surface area (Å²) in [5.41, 5.74) is 0.878. The molecule has 0 atom stereocenters. The molecule has 2 aromatic heterocycles. The third-order valence-electron chi connectivity index (χ3n) is 5.12. The molecule has 8 nitrogen and oxygen atoms in total. The van der Waals surface area contributed by atoms with Crippen LogP contribution in [0, 0.1) is 18.6 Å². The summed E-state index contributed by atoms with van der Waals surface area (Å²) in [6.45, 7) is 3.20. The van der Waals surface area contributed by atoms with Gasteiger partial charge in [-0.3, -0.25) is 0 Å². The summed E-state index contributed by atoms with van der Waals surface area (Å²) in [7, 11) is -3.78. The lowest BCUT2D eigenvalue weighted by atomic mass is 10.2. The summed E-state index contributed by atoms with van der Waals surface area (Å²) in [6.07, 6.45) is 1.75. The highest BCUT2D eigenvalue weighted by Crippen LogP contribution is 2.20. The second kappa shape index (κ2) is 9.13. The Balaban J connectivity index is 1.35. The Morgan fingerprint density at radius 2 is 1.72 bits per heavy atom. The average molecular weight is 461 g/mol. The summed E-state index contributed by atoms with van der Waals surface area (Å²) in [5, 5.41) is 11.5. The maximum Gasteiger partial charge on any atom is 0.218 e. The van der Waals surface area contributed by atoms with Crippen molar-refractivity contribution in [3.05, 3.63) is 71.4 Å². The van der Waals surface area contributed by atoms with E-state index in [0.717, 1.165) is 23.8 Å². The smallest absolute Gasteiger partial charge is 0.218 e. The van der Waals surface area contributed by atoms with Crippen LogP contribution in [-0.4, -0.2) is 54.1 Å². The van der Waals surface area contributed by atoms with Crippen molar-refractivity contribution in [1.82, 2.24) is 19.5 Å². The fraction of sp³-hybridized carbons (Fsp3) is 0.286. The van der Waals surface area contributed by atoms with Gasteiger partial charge < -0.3 is 10.2 Å². The van der Waals surface area contributed by atoms with Gasteiger partial charge in [0.1, 0.15) is 17.5 Å². The number of nitrogens with one attached hydrogen (secondary N) is 1. The highest BCUT2D eigenvalue weighted by molar-refractivity contribution is 7.88. The first-order valence-corrected chi connectivity index (χ1v) is 11.6. The molecule has 0 spiro atoms. The molecule has 1 fully saturated rings. The number of sulfonamides is 1. The molecule has 0 saturated carbocycles. The van der Waals surface area contributed by atoms with Gasteiger partial charge in [-0.05, 0) is 48.9 Å². The number of pyridine rings is 1. The zero-order valence-corrected chi connectivity index (χ0v) is 18.2. The van der Waals surface area contributed by atoms with E-state index in [-0.39, 0.29) is 18.7 Å². The Kier molecular flexibility index (Phi) is 6.28. The SMILES string of the molecule is Cc1ccc(Nc2ccc(N3CCN(S(=O)(=O)Cc4cc(F)ccc4F)CC3)nn2)nc1. The molecule has 1 N–H and O–H groups in total. The Morgan fingerprint density at radius 1 is 0.969 bits per heavy atom. The van der Waals surface area contributed by atoms with E-state index in [4.69, 9.17) is 0 Å². The van der Waals surface area contributed by atoms with Crippen LogP contribution in [0.3, 0.4) is 0 Å². The van der Waals surface area contributed by atoms with Gasteiger partial charge in [0.2, 0.25) is 10.0 Å². The van der Waals surface area contributed by atoms with Crippen LogP contribution in [0.15, 0.2) is 48.7 Å². The van der Waals surface area contributed by atoms with Crippen LogP contribution >= 0.6 is 0 Å². The number of piperazine rings is 1. The summed E-state index contributed by atoms with van der Waals surface area (Å²) < 4.78 is 53.9. The van der Waals surface area contributed by atoms with Gasteiger partial charge in [-0.1, -0.05) is 6.07 Å². The van der Waals surface area contributed by atoms with E-state index in [0.29, 0.717) is 30.5 Å². The highest BCUT2D eigenvalue weighted by atomic mass is 32.2. The first-order valence-electron chi connectivity index (χ1n) is 10.0. The highest BCUT2D eigenvalue weighted by Gasteiger charge is 2.28. The molecule has 0 radical (unpaired) electrons. The first-order chi connectivity index (χ1) is 15.3. The fourth-order valence-electron chi connectivity index (χ4n) is 3.37. The lowest BCUT2D eigenvalue weighted by Crippen LogP contribution is -2.49. The quantitative estimate of drug-likeness (QED) is 0.605. The first kappa shape index (κ1) is 22.0. The normalized spacial score (nSPS) is 15.0. The summed E-state index contributed by atoms with van der Waals surface area (Å²) in [6, 6.07) is 10.2. The molecule has 1 aliphatic rings. The number of hydrogen-bond acceptors (Lipinski definition) is 7. The standard InChI is InChI=1S/C21H22F2N6O2S/c1-15-2-5-19(24-13-15)25-20-6-7-21(27-26-20)28-8-10-29(11-9-28)32(30,31)14-16-12-17(22)3-4-18(16)23/h2-7,12-13H,8-11,14H2,1H3,(H,24,25,26). The van der Waals surface area contributed by atoms with E-state index in [1.165, 1.54) is 4.31 Å². The van der Waals surface area contributed by atoms with Gasteiger partial charge in [0, 0.05) is 37.9 Å². The van der Waals surface area contributed by atoms with Gasteiger partial charge in [-0.2, -0.15) is 4.31 Å². The van der Waals surface area contributed by atoms with Gasteiger partial charge in [0.05, 0.1) is 5.75 Å². The van der Waals surface area contributed by atoms with E-state index in [1.807, 2.05) is 24.0 Å². The van der Waals surface area contributed by atoms with Crippen molar-refractivity contribution >= 4 is 27.5 Å². The van der Waals surface area contributed by atoms with Crippen LogP contribution in [0.4, 0.5) is 26.2 Å². The number of rotatable bonds is 6. The largest absolute Gasteiger partial charge is 0.352 e. The third-order valence-corrected chi connectivity index (χ3v) is 6.95. The molecule has 11 heteroatoms. The Hall–Kier alpha value is -3.18. The van der Waals surface area contributed by atoms with Crippen molar-refractivity contribution < 1.29 is 17.2 Å². The van der Waals surface area contributed by atoms with Crippen molar-refractivity contribution in [1.29, 1.82) is 0 Å². The molecular formula is C21H22F2N6O2S. The molecule has 1 aromatic carbocycles. The number of benzene rings is 1. The second-order valence-corrected chi connectivity index (χ2v) is 9.47. The average Bonchev–Trinajstić information content (AvgIpc) is 2.78. The van der Waals surface area contributed by atoms with Crippen molar-refractivity contribution in [2.45, 2.75) is 12.7 Å². The molecule has 3 heterocycles. The second-order valence-electron chi connectivity index (χ2n) is 7.50. The number of halogens is 2. The number of anilines is 3. The molecule has 32 heavy (non-hydrogen) atoms. The lowest BCUT2D eigenvalue weighted by Gasteiger charge is -2.34. The molecule has 0 bridgehead atoms. The van der Waals surface area contributed by atoms with Gasteiger partial charge >= 0.3 is 0 Å². The minimum Gasteiger partial charge on any atom is -0.352 e. The molecule has 0 amide bonds. The maximum absolute atomic E-state index is 13.9. The number of aromatic nitrogens is 3. The van der Waals surface area contributed by atoms with Crippen molar-refractivity contribution in [3.8, 4) is 0 Å². The Labute approximate surface area is 185 Å². The molecule has 1 saturated heterocycles. The van der Waals surface area contributed by atoms with E-state index in [1.54, 1.807) is 18.3 Å². The van der Waals surface area contributed by atoms with Gasteiger partial charge in [0.15, 0.2) is 11.6 Å². The summed E-state index contributed by atoms with van der Waals surface area (Å²) in [5.74, 6) is -0.158. The van der Waals surface area contributed by atoms with E-state index >= 15 is 0 Å². The summed E-state index contributed by atoms with van der Waals surface area (Å²) in [4.78, 5) is 6.19. The number of aryl methyl sites for hydroxylation is 1. The molecule has 1 aliphatic heterocycles. The van der Waals surface area contributed by atoms with Crippen LogP contribution in [-0.2, 0) is 15.8 Å². The number of hydrogen-bond donors (Lipinski definition) is 1. The van der Waals surface area contributed by atoms with Crippen LogP contribution in [0.5, 0.6) is 0 Å². The molecule has 4 rings (SSSR count). The monoisotopic (exact) mass is 460 g/mol. The summed E-state index contributed by atoms with van der Waals surface area (Å²) >= 11 is 0. The van der Waals surface area contributed by atoms with Gasteiger partial charge in [-0.25, -0.2) is 22.2 Å². The van der Waals surface area contributed by atoms with Gasteiger partial charge in [-0.15, -0.1) is 10.2 Å². The molecule has 3 aromatic rings. The topological polar surface area (TPSA) is 91.3 Å². The van der Waals surface area contributed by atoms with Crippen LogP contribution in [0.1, 0.15) is 11.1 Å². The Bertz CT molecular complexity index is 1180. The van der Waals surface area contributed by atoms with Crippen LogP contribution in [0.2, 0.25) is 0 Å². The zero-order chi connectivity index (χ0) is 22.7. The van der Waals surface area contributed by atoms with E-state index < -0.39 is 27.4 Å². The van der Waals surface area contributed by atoms with Crippen LogP contribution < -0.4 is 10.2 Å². The van der Waals surface area contributed by atoms with Gasteiger partial charge in [0.25, 0.3) is 0 Å².